The van der Waals surface area contributed by atoms with E-state index in [0.29, 0.717) is 31.6 Å². The van der Waals surface area contributed by atoms with Gasteiger partial charge in [0.05, 0.1) is 0 Å². The van der Waals surface area contributed by atoms with Gasteiger partial charge in [-0.15, -0.1) is 0 Å². The third kappa shape index (κ3) is 6.06. The number of amides is 2. The second-order valence-corrected chi connectivity index (χ2v) is 7.51. The zero-order valence-electron chi connectivity index (χ0n) is 17.0. The summed E-state index contributed by atoms with van der Waals surface area (Å²) in [6.07, 6.45) is 0.825. The van der Waals surface area contributed by atoms with Gasteiger partial charge < -0.3 is 16.0 Å². The molecule has 2 aromatic rings. The van der Waals surface area contributed by atoms with Crippen molar-refractivity contribution in [2.45, 2.75) is 32.4 Å². The van der Waals surface area contributed by atoms with Crippen LogP contribution in [0.25, 0.3) is 0 Å². The van der Waals surface area contributed by atoms with Crippen LogP contribution in [-0.4, -0.2) is 53.8 Å². The average Bonchev–Trinajstić information content (AvgIpc) is 2.75. The highest BCUT2D eigenvalue weighted by molar-refractivity contribution is 5.88. The fraction of sp³-hybridized carbons (Fsp3) is 0.391. The van der Waals surface area contributed by atoms with E-state index < -0.39 is 6.04 Å². The Bertz CT molecular complexity index is 799. The fourth-order valence-corrected chi connectivity index (χ4v) is 3.57. The first kappa shape index (κ1) is 20.9. The van der Waals surface area contributed by atoms with Crippen LogP contribution in [0.15, 0.2) is 54.6 Å². The van der Waals surface area contributed by atoms with Crippen LogP contribution in [0.3, 0.4) is 0 Å². The summed E-state index contributed by atoms with van der Waals surface area (Å²) in [4.78, 5) is 29.4. The summed E-state index contributed by atoms with van der Waals surface area (Å²) in [6, 6.07) is 17.3. The van der Waals surface area contributed by atoms with Gasteiger partial charge in [0.15, 0.2) is 0 Å². The number of hydrogen-bond acceptors (Lipinski definition) is 4. The molecular weight excluding hydrogens is 364 g/mol. The van der Waals surface area contributed by atoms with Crippen molar-refractivity contribution in [1.82, 2.24) is 15.1 Å². The van der Waals surface area contributed by atoms with Crippen molar-refractivity contribution < 1.29 is 9.59 Å². The lowest BCUT2D eigenvalue weighted by molar-refractivity contribution is -0.138. The zero-order chi connectivity index (χ0) is 20.6. The summed E-state index contributed by atoms with van der Waals surface area (Å²) in [6.45, 7) is 5.69. The van der Waals surface area contributed by atoms with Gasteiger partial charge in [-0.3, -0.25) is 14.5 Å². The Morgan fingerprint density at radius 3 is 2.24 bits per heavy atom. The summed E-state index contributed by atoms with van der Waals surface area (Å²) in [5, 5.41) is 2.90. The topological polar surface area (TPSA) is 78.7 Å². The monoisotopic (exact) mass is 394 g/mol. The number of anilines is 1. The average molecular weight is 395 g/mol. The maximum absolute atomic E-state index is 13.2. The normalized spacial score (nSPS) is 15.7. The molecule has 3 N–H and O–H groups in total. The van der Waals surface area contributed by atoms with E-state index in [0.717, 1.165) is 25.2 Å². The molecule has 2 amide bonds. The molecule has 1 atom stereocenters. The maximum atomic E-state index is 13.2. The third-order valence-corrected chi connectivity index (χ3v) is 5.31. The van der Waals surface area contributed by atoms with Crippen molar-refractivity contribution in [3.05, 3.63) is 65.7 Å². The second kappa shape index (κ2) is 10.1. The molecule has 1 aliphatic heterocycles. The second-order valence-electron chi connectivity index (χ2n) is 7.51. The van der Waals surface area contributed by atoms with Crippen molar-refractivity contribution in [2.75, 3.05) is 31.9 Å². The van der Waals surface area contributed by atoms with E-state index in [4.69, 9.17) is 5.73 Å². The summed E-state index contributed by atoms with van der Waals surface area (Å²) < 4.78 is 0. The number of hydrogen-bond donors (Lipinski definition) is 2. The Morgan fingerprint density at radius 2 is 1.62 bits per heavy atom. The van der Waals surface area contributed by atoms with Crippen LogP contribution in [0.5, 0.6) is 0 Å². The number of piperazine rings is 1. The predicted octanol–water partition coefficient (Wildman–Crippen LogP) is 2.05. The van der Waals surface area contributed by atoms with Gasteiger partial charge in [-0.05, 0) is 23.3 Å². The smallest absolute Gasteiger partial charge is 0.245 e. The molecule has 2 aromatic carbocycles. The van der Waals surface area contributed by atoms with E-state index >= 15 is 0 Å². The Morgan fingerprint density at radius 1 is 0.966 bits per heavy atom. The van der Waals surface area contributed by atoms with Gasteiger partial charge in [-0.1, -0.05) is 49.4 Å². The number of nitrogens with two attached hydrogens (primary N) is 1. The van der Waals surface area contributed by atoms with E-state index in [1.807, 2.05) is 47.4 Å². The Kier molecular flexibility index (Phi) is 7.25. The molecular formula is C23H30N4O2. The SMILES string of the molecule is CCC(=O)NC(Cc1ccc(N)cc1)C(=O)N1CCN(Cc2ccccc2)CC1. The highest BCUT2D eigenvalue weighted by Crippen LogP contribution is 2.13. The number of nitrogens with one attached hydrogen (secondary N) is 1. The number of nitrogen functional groups attached to an aromatic ring is 1. The van der Waals surface area contributed by atoms with Crippen LogP contribution in [0.4, 0.5) is 5.69 Å². The van der Waals surface area contributed by atoms with Crippen LogP contribution in [0.1, 0.15) is 24.5 Å². The molecule has 0 saturated carbocycles. The number of carbonyl (C=O) groups is 2. The Hall–Kier alpha value is -2.86. The summed E-state index contributed by atoms with van der Waals surface area (Å²) in [7, 11) is 0. The van der Waals surface area contributed by atoms with Gasteiger partial charge in [0.2, 0.25) is 11.8 Å². The molecule has 1 fully saturated rings. The molecule has 0 spiro atoms. The van der Waals surface area contributed by atoms with Crippen LogP contribution in [0.2, 0.25) is 0 Å². The van der Waals surface area contributed by atoms with Crippen molar-refractivity contribution in [1.29, 1.82) is 0 Å². The van der Waals surface area contributed by atoms with E-state index in [9.17, 15) is 9.59 Å². The first-order valence-electron chi connectivity index (χ1n) is 10.2. The summed E-state index contributed by atoms with van der Waals surface area (Å²) >= 11 is 0. The molecule has 29 heavy (non-hydrogen) atoms. The standard InChI is InChI=1S/C23H30N4O2/c1-2-22(28)25-21(16-18-8-10-20(24)11-9-18)23(29)27-14-12-26(13-15-27)17-19-6-4-3-5-7-19/h3-11,21H,2,12-17,24H2,1H3,(H,25,28). The maximum Gasteiger partial charge on any atom is 0.245 e. The van der Waals surface area contributed by atoms with Crippen molar-refractivity contribution in [3.8, 4) is 0 Å². The molecule has 1 unspecified atom stereocenters. The fourth-order valence-electron chi connectivity index (χ4n) is 3.57. The lowest BCUT2D eigenvalue weighted by Crippen LogP contribution is -2.55. The van der Waals surface area contributed by atoms with Crippen LogP contribution in [0, 0.1) is 0 Å². The van der Waals surface area contributed by atoms with Crippen molar-refractivity contribution in [3.63, 3.8) is 0 Å². The molecule has 3 rings (SSSR count). The molecule has 0 radical (unpaired) electrons. The lowest BCUT2D eigenvalue weighted by Gasteiger charge is -2.36. The largest absolute Gasteiger partial charge is 0.399 e. The molecule has 154 valence electrons. The van der Waals surface area contributed by atoms with Gasteiger partial charge in [0, 0.05) is 51.3 Å². The van der Waals surface area contributed by atoms with Gasteiger partial charge >= 0.3 is 0 Å². The highest BCUT2D eigenvalue weighted by atomic mass is 16.2. The van der Waals surface area contributed by atoms with Gasteiger partial charge in [0.1, 0.15) is 6.04 Å². The van der Waals surface area contributed by atoms with Crippen molar-refractivity contribution >= 4 is 17.5 Å². The van der Waals surface area contributed by atoms with E-state index in [1.165, 1.54) is 5.56 Å². The molecule has 1 saturated heterocycles. The molecule has 0 aromatic heterocycles. The first-order valence-corrected chi connectivity index (χ1v) is 10.2. The molecule has 6 heteroatoms. The summed E-state index contributed by atoms with van der Waals surface area (Å²) in [5.41, 5.74) is 8.70. The molecule has 1 heterocycles. The molecule has 0 aliphatic carbocycles. The molecule has 0 bridgehead atoms. The number of benzene rings is 2. The number of nitrogens with zero attached hydrogens (tertiary/aromatic N) is 2. The molecule has 6 nitrogen and oxygen atoms in total. The zero-order valence-corrected chi connectivity index (χ0v) is 17.0. The minimum Gasteiger partial charge on any atom is -0.399 e. The lowest BCUT2D eigenvalue weighted by atomic mass is 10.0. The predicted molar refractivity (Wildman–Crippen MR) is 115 cm³/mol. The Labute approximate surface area is 172 Å². The third-order valence-electron chi connectivity index (χ3n) is 5.31. The van der Waals surface area contributed by atoms with Gasteiger partial charge in [-0.25, -0.2) is 0 Å². The summed E-state index contributed by atoms with van der Waals surface area (Å²) in [5.74, 6) is -0.121. The quantitative estimate of drug-likeness (QED) is 0.705. The van der Waals surface area contributed by atoms with Gasteiger partial charge in [0.25, 0.3) is 0 Å². The minimum atomic E-state index is -0.549. The van der Waals surface area contributed by atoms with E-state index in [1.54, 1.807) is 6.92 Å². The molecule has 1 aliphatic rings. The van der Waals surface area contributed by atoms with Crippen LogP contribution < -0.4 is 11.1 Å². The number of carbonyl (C=O) groups excluding carboxylic acids is 2. The van der Waals surface area contributed by atoms with Crippen LogP contribution in [-0.2, 0) is 22.6 Å². The van der Waals surface area contributed by atoms with Gasteiger partial charge in [-0.2, -0.15) is 0 Å². The minimum absolute atomic E-state index is 0.0111. The van der Waals surface area contributed by atoms with Crippen molar-refractivity contribution in [2.24, 2.45) is 0 Å². The Balaban J connectivity index is 1.60. The number of rotatable bonds is 7. The highest BCUT2D eigenvalue weighted by Gasteiger charge is 2.28. The first-order chi connectivity index (χ1) is 14.0. The van der Waals surface area contributed by atoms with E-state index in [-0.39, 0.29) is 11.8 Å². The van der Waals surface area contributed by atoms with E-state index in [2.05, 4.69) is 22.3 Å². The van der Waals surface area contributed by atoms with Crippen LogP contribution >= 0.6 is 0 Å².